The number of aromatic amines is 1. The van der Waals surface area contributed by atoms with Crippen LogP contribution in [0.25, 0.3) is 11.0 Å². The maximum atomic E-state index is 12.2. The second kappa shape index (κ2) is 8.68. The van der Waals surface area contributed by atoms with Crippen LogP contribution in [0.5, 0.6) is 0 Å². The number of carbonyl (C=O) groups excluding carboxylic acids is 1. The van der Waals surface area contributed by atoms with Crippen LogP contribution in [-0.2, 0) is 12.1 Å². The summed E-state index contributed by atoms with van der Waals surface area (Å²) in [5.74, 6) is -0.214. The fourth-order valence-corrected chi connectivity index (χ4v) is 4.06. The van der Waals surface area contributed by atoms with Gasteiger partial charge in [-0.05, 0) is 37.6 Å². The molecule has 1 fully saturated rings. The molecule has 1 saturated heterocycles. The minimum atomic E-state index is -1.23. The lowest BCUT2D eigenvalue weighted by molar-refractivity contribution is -0.103. The number of carbonyl (C=O) groups is 1. The van der Waals surface area contributed by atoms with Gasteiger partial charge in [-0.15, -0.1) is 0 Å². The Morgan fingerprint density at radius 2 is 1.94 bits per heavy atom. The molecule has 3 N–H and O–H groups in total. The molecule has 0 aliphatic carbocycles. The molecule has 3 aromatic heterocycles. The highest BCUT2D eigenvalue weighted by atomic mass is 16.3. The molecule has 168 valence electrons. The summed E-state index contributed by atoms with van der Waals surface area (Å²) in [5, 5.41) is 13.9. The van der Waals surface area contributed by atoms with E-state index in [-0.39, 0.29) is 11.5 Å². The summed E-state index contributed by atoms with van der Waals surface area (Å²) >= 11 is 0. The number of aryl methyl sites for hydroxylation is 1. The third-order valence-corrected chi connectivity index (χ3v) is 6.17. The summed E-state index contributed by atoms with van der Waals surface area (Å²) in [7, 11) is 1.58. The van der Waals surface area contributed by atoms with Crippen LogP contribution in [0.2, 0.25) is 0 Å². The van der Waals surface area contributed by atoms with Gasteiger partial charge in [-0.1, -0.05) is 6.92 Å². The van der Waals surface area contributed by atoms with Gasteiger partial charge in [0.05, 0.1) is 22.9 Å². The summed E-state index contributed by atoms with van der Waals surface area (Å²) in [6.45, 7) is 6.36. The molecule has 1 amide bonds. The van der Waals surface area contributed by atoms with Crippen molar-refractivity contribution in [2.24, 2.45) is 0 Å². The van der Waals surface area contributed by atoms with Crippen LogP contribution in [0.15, 0.2) is 41.5 Å². The lowest BCUT2D eigenvalue weighted by Gasteiger charge is -2.43. The van der Waals surface area contributed by atoms with Crippen LogP contribution >= 0.6 is 0 Å². The fraction of sp³-hybridized carbons (Fsp3) is 0.391. The Labute approximate surface area is 186 Å². The number of piperazine rings is 1. The number of anilines is 1. The molecule has 0 unspecified atom stereocenters. The lowest BCUT2D eigenvalue weighted by atomic mass is 10.0. The second-order valence-corrected chi connectivity index (χ2v) is 8.11. The van der Waals surface area contributed by atoms with Crippen molar-refractivity contribution >= 4 is 22.6 Å². The number of aromatic nitrogens is 3. The molecule has 4 heterocycles. The minimum Gasteiger partial charge on any atom is -0.372 e. The van der Waals surface area contributed by atoms with Crippen molar-refractivity contribution in [2.45, 2.75) is 26.0 Å². The van der Waals surface area contributed by atoms with Gasteiger partial charge in [-0.25, -0.2) is 4.98 Å². The first kappa shape index (κ1) is 21.9. The molecule has 1 aliphatic rings. The Bertz CT molecular complexity index is 1180. The first-order chi connectivity index (χ1) is 15.3. The summed E-state index contributed by atoms with van der Waals surface area (Å²) in [4.78, 5) is 39.6. The Balaban J connectivity index is 1.48. The number of rotatable bonds is 5. The van der Waals surface area contributed by atoms with Crippen molar-refractivity contribution in [3.63, 3.8) is 0 Å². The minimum absolute atomic E-state index is 0.122. The van der Waals surface area contributed by atoms with Crippen LogP contribution in [0.3, 0.4) is 0 Å². The Kier molecular flexibility index (Phi) is 5.94. The third kappa shape index (κ3) is 4.09. The van der Waals surface area contributed by atoms with Gasteiger partial charge < -0.3 is 20.3 Å². The number of pyridine rings is 3. The van der Waals surface area contributed by atoms with Gasteiger partial charge in [0.15, 0.2) is 0 Å². The van der Waals surface area contributed by atoms with E-state index in [9.17, 15) is 14.7 Å². The number of fused-ring (bicyclic) bond motifs is 1. The quantitative estimate of drug-likeness (QED) is 0.551. The average Bonchev–Trinajstić information content (AvgIpc) is 2.82. The SMILES string of the molecule is CCc1cc2ncc([C@](C)(O)N3CCN(c4ccc(C(=O)NC)nc4)CC3)cc2[nH]c1=O. The van der Waals surface area contributed by atoms with E-state index < -0.39 is 5.72 Å². The summed E-state index contributed by atoms with van der Waals surface area (Å²) in [5.41, 5.74) is 2.62. The molecule has 9 nitrogen and oxygen atoms in total. The molecule has 0 saturated carbocycles. The van der Waals surface area contributed by atoms with E-state index in [4.69, 9.17) is 0 Å². The number of amides is 1. The van der Waals surface area contributed by atoms with Crippen molar-refractivity contribution in [2.75, 3.05) is 38.1 Å². The fourth-order valence-electron chi connectivity index (χ4n) is 4.06. The Hall–Kier alpha value is -3.30. The monoisotopic (exact) mass is 436 g/mol. The number of nitrogens with zero attached hydrogens (tertiary/aromatic N) is 4. The van der Waals surface area contributed by atoms with E-state index in [0.29, 0.717) is 60.5 Å². The third-order valence-electron chi connectivity index (χ3n) is 6.17. The number of nitrogens with one attached hydrogen (secondary N) is 2. The van der Waals surface area contributed by atoms with Gasteiger partial charge in [0.1, 0.15) is 11.4 Å². The molecular weight excluding hydrogens is 408 g/mol. The molecule has 0 radical (unpaired) electrons. The smallest absolute Gasteiger partial charge is 0.269 e. The van der Waals surface area contributed by atoms with Gasteiger partial charge in [0.2, 0.25) is 0 Å². The van der Waals surface area contributed by atoms with Crippen molar-refractivity contribution in [3.05, 3.63) is 63.8 Å². The normalized spacial score (nSPS) is 16.7. The van der Waals surface area contributed by atoms with Crippen LogP contribution in [0.1, 0.15) is 35.5 Å². The largest absolute Gasteiger partial charge is 0.372 e. The molecule has 1 atom stereocenters. The maximum Gasteiger partial charge on any atom is 0.269 e. The molecule has 9 heteroatoms. The highest BCUT2D eigenvalue weighted by Gasteiger charge is 2.34. The van der Waals surface area contributed by atoms with E-state index >= 15 is 0 Å². The van der Waals surface area contributed by atoms with Crippen LogP contribution < -0.4 is 15.8 Å². The zero-order valence-electron chi connectivity index (χ0n) is 18.6. The number of hydrogen-bond donors (Lipinski definition) is 3. The van der Waals surface area contributed by atoms with Crippen molar-refractivity contribution in [3.8, 4) is 0 Å². The number of H-pyrrole nitrogens is 1. The van der Waals surface area contributed by atoms with E-state index in [0.717, 1.165) is 5.69 Å². The zero-order valence-corrected chi connectivity index (χ0v) is 18.6. The first-order valence-corrected chi connectivity index (χ1v) is 10.8. The van der Waals surface area contributed by atoms with Gasteiger partial charge in [-0.2, -0.15) is 0 Å². The molecule has 4 rings (SSSR count). The van der Waals surface area contributed by atoms with E-state index in [1.165, 1.54) is 0 Å². The van der Waals surface area contributed by atoms with Gasteiger partial charge in [0.25, 0.3) is 11.5 Å². The Morgan fingerprint density at radius 1 is 1.19 bits per heavy atom. The van der Waals surface area contributed by atoms with Crippen LogP contribution in [-0.4, -0.2) is 64.1 Å². The highest BCUT2D eigenvalue weighted by molar-refractivity contribution is 5.92. The van der Waals surface area contributed by atoms with Crippen molar-refractivity contribution in [1.82, 2.24) is 25.2 Å². The summed E-state index contributed by atoms with van der Waals surface area (Å²) in [6.07, 6.45) is 4.02. The second-order valence-electron chi connectivity index (χ2n) is 8.11. The molecule has 1 aliphatic heterocycles. The topological polar surface area (TPSA) is 114 Å². The van der Waals surface area contributed by atoms with Crippen molar-refractivity contribution < 1.29 is 9.90 Å². The molecule has 0 spiro atoms. The van der Waals surface area contributed by atoms with E-state index in [1.807, 2.05) is 17.9 Å². The molecule has 3 aromatic rings. The van der Waals surface area contributed by atoms with Crippen molar-refractivity contribution in [1.29, 1.82) is 0 Å². The molecular formula is C23H28N6O3. The number of aliphatic hydroxyl groups is 1. The van der Waals surface area contributed by atoms with Gasteiger partial charge >= 0.3 is 0 Å². The van der Waals surface area contributed by atoms with Crippen LogP contribution in [0, 0.1) is 0 Å². The predicted molar refractivity (Wildman–Crippen MR) is 123 cm³/mol. The first-order valence-electron chi connectivity index (χ1n) is 10.8. The van der Waals surface area contributed by atoms with E-state index in [2.05, 4.69) is 25.2 Å². The lowest BCUT2D eigenvalue weighted by Crippen LogP contribution is -2.54. The number of hydrogen-bond acceptors (Lipinski definition) is 7. The average molecular weight is 437 g/mol. The standard InChI is InChI=1S/C23H28N6O3/c1-4-15-11-19-20(27-21(15)30)12-16(13-25-19)23(2,32)29-9-7-28(8-10-29)17-5-6-18(26-14-17)22(31)24-3/h5-6,11-14,32H,4,7-10H2,1-3H3,(H,24,31)(H,27,30)/t23-/m0/s1. The van der Waals surface area contributed by atoms with Gasteiger partial charge in [0, 0.05) is 50.6 Å². The molecule has 0 aromatic carbocycles. The van der Waals surface area contributed by atoms with Crippen LogP contribution in [0.4, 0.5) is 5.69 Å². The molecule has 0 bridgehead atoms. The zero-order chi connectivity index (χ0) is 22.9. The highest BCUT2D eigenvalue weighted by Crippen LogP contribution is 2.28. The summed E-state index contributed by atoms with van der Waals surface area (Å²) in [6, 6.07) is 7.20. The van der Waals surface area contributed by atoms with E-state index in [1.54, 1.807) is 44.6 Å². The maximum absolute atomic E-state index is 12.2. The predicted octanol–water partition coefficient (Wildman–Crippen LogP) is 1.23. The summed E-state index contributed by atoms with van der Waals surface area (Å²) < 4.78 is 0. The molecule has 32 heavy (non-hydrogen) atoms. The van der Waals surface area contributed by atoms with Gasteiger partial charge in [-0.3, -0.25) is 19.5 Å². The Morgan fingerprint density at radius 3 is 2.56 bits per heavy atom.